The molecule has 14 heavy (non-hydrogen) atoms. The van der Waals surface area contributed by atoms with Crippen LogP contribution in [-0.4, -0.2) is 19.1 Å². The van der Waals surface area contributed by atoms with Crippen molar-refractivity contribution in [1.82, 2.24) is 0 Å². The van der Waals surface area contributed by atoms with Gasteiger partial charge in [0.15, 0.2) is 0 Å². The number of anilines is 1. The third kappa shape index (κ3) is 2.48. The zero-order valence-corrected chi connectivity index (χ0v) is 8.79. The molecule has 1 fully saturated rings. The van der Waals surface area contributed by atoms with Crippen molar-refractivity contribution in [3.8, 4) is 0 Å². The van der Waals surface area contributed by atoms with E-state index in [-0.39, 0.29) is 0 Å². The summed E-state index contributed by atoms with van der Waals surface area (Å²) >= 11 is 0. The largest absolute Gasteiger partial charge is 0.379 e. The molecule has 0 spiro atoms. The molecule has 2 nitrogen and oxygen atoms in total. The fourth-order valence-corrected chi connectivity index (χ4v) is 2.04. The van der Waals surface area contributed by atoms with Crippen molar-refractivity contribution >= 4 is 5.69 Å². The molecule has 1 aliphatic heterocycles. The summed E-state index contributed by atoms with van der Waals surface area (Å²) in [6, 6.07) is 9.37. The summed E-state index contributed by atoms with van der Waals surface area (Å²) in [7, 11) is 0. The Balaban J connectivity index is 1.85. The van der Waals surface area contributed by atoms with E-state index in [0.717, 1.165) is 12.6 Å². The number of hydrogen-bond donors (Lipinski definition) is 2. The molecule has 1 atom stereocenters. The number of rotatable bonds is 3. The number of benzene rings is 1. The second-order valence-electron chi connectivity index (χ2n) is 4.18. The number of nitrogens with two attached hydrogens (primary N) is 1. The molecular formula is C12H19N2+. The lowest BCUT2D eigenvalue weighted by Gasteiger charge is -2.10. The molecule has 76 valence electrons. The van der Waals surface area contributed by atoms with Crippen molar-refractivity contribution < 1.29 is 5.32 Å². The van der Waals surface area contributed by atoms with Gasteiger partial charge in [0, 0.05) is 18.5 Å². The maximum Gasteiger partial charge on any atom is 0.104 e. The van der Waals surface area contributed by atoms with Gasteiger partial charge in [-0.15, -0.1) is 0 Å². The van der Waals surface area contributed by atoms with E-state index in [1.54, 1.807) is 0 Å². The minimum Gasteiger partial charge on any atom is -0.379 e. The predicted molar refractivity (Wildman–Crippen MR) is 59.5 cm³/mol. The summed E-state index contributed by atoms with van der Waals surface area (Å²) in [6.45, 7) is 4.54. The van der Waals surface area contributed by atoms with E-state index in [0.29, 0.717) is 0 Å². The smallest absolute Gasteiger partial charge is 0.104 e. The van der Waals surface area contributed by atoms with Gasteiger partial charge in [-0.2, -0.15) is 0 Å². The van der Waals surface area contributed by atoms with Crippen LogP contribution in [0.25, 0.3) is 0 Å². The van der Waals surface area contributed by atoms with Gasteiger partial charge in [-0.3, -0.25) is 0 Å². The van der Waals surface area contributed by atoms with Gasteiger partial charge >= 0.3 is 0 Å². The van der Waals surface area contributed by atoms with Gasteiger partial charge in [0.2, 0.25) is 0 Å². The lowest BCUT2D eigenvalue weighted by Crippen LogP contribution is -2.87. The van der Waals surface area contributed by atoms with Gasteiger partial charge in [0.1, 0.15) is 6.04 Å². The summed E-state index contributed by atoms with van der Waals surface area (Å²) in [4.78, 5) is 0. The second-order valence-corrected chi connectivity index (χ2v) is 4.18. The third-order valence-corrected chi connectivity index (χ3v) is 2.87. The Morgan fingerprint density at radius 2 is 2.43 bits per heavy atom. The van der Waals surface area contributed by atoms with Crippen LogP contribution in [-0.2, 0) is 0 Å². The molecule has 0 saturated carbocycles. The first-order valence-electron chi connectivity index (χ1n) is 5.48. The van der Waals surface area contributed by atoms with Crippen LogP contribution in [0, 0.1) is 6.92 Å². The Kier molecular flexibility index (Phi) is 3.04. The highest BCUT2D eigenvalue weighted by Gasteiger charge is 2.17. The lowest BCUT2D eigenvalue weighted by atomic mass is 10.2. The Bertz CT molecular complexity index is 290. The van der Waals surface area contributed by atoms with Crippen LogP contribution in [0.3, 0.4) is 0 Å². The number of aryl methyl sites for hydroxylation is 1. The molecule has 0 unspecified atom stereocenters. The molecule has 2 heteroatoms. The van der Waals surface area contributed by atoms with E-state index in [4.69, 9.17) is 0 Å². The molecule has 1 aromatic rings. The maximum atomic E-state index is 3.50. The third-order valence-electron chi connectivity index (χ3n) is 2.87. The molecule has 1 aromatic carbocycles. The topological polar surface area (TPSA) is 28.6 Å². The zero-order chi connectivity index (χ0) is 9.80. The average molecular weight is 191 g/mol. The van der Waals surface area contributed by atoms with E-state index in [1.807, 2.05) is 0 Å². The fraction of sp³-hybridized carbons (Fsp3) is 0.500. The van der Waals surface area contributed by atoms with E-state index in [1.165, 1.54) is 30.6 Å². The fourth-order valence-electron chi connectivity index (χ4n) is 2.04. The molecule has 0 aromatic heterocycles. The molecule has 0 radical (unpaired) electrons. The average Bonchev–Trinajstić information content (AvgIpc) is 2.67. The summed E-state index contributed by atoms with van der Waals surface area (Å²) in [5.41, 5.74) is 2.58. The monoisotopic (exact) mass is 191 g/mol. The SMILES string of the molecule is Cc1cccc(NC[C@@H]2CCC[NH2+]2)c1. The van der Waals surface area contributed by atoms with Crippen LogP contribution in [0.4, 0.5) is 5.69 Å². The van der Waals surface area contributed by atoms with Crippen LogP contribution >= 0.6 is 0 Å². The van der Waals surface area contributed by atoms with Crippen molar-refractivity contribution in [3.05, 3.63) is 29.8 Å². The maximum absolute atomic E-state index is 3.50. The van der Waals surface area contributed by atoms with Crippen LogP contribution in [0.1, 0.15) is 18.4 Å². The van der Waals surface area contributed by atoms with Gasteiger partial charge in [-0.25, -0.2) is 0 Å². The van der Waals surface area contributed by atoms with Gasteiger partial charge in [-0.1, -0.05) is 12.1 Å². The van der Waals surface area contributed by atoms with E-state index < -0.39 is 0 Å². The van der Waals surface area contributed by atoms with Gasteiger partial charge < -0.3 is 10.6 Å². The first-order chi connectivity index (χ1) is 6.84. The summed E-state index contributed by atoms with van der Waals surface area (Å²) < 4.78 is 0. The first-order valence-corrected chi connectivity index (χ1v) is 5.48. The van der Waals surface area contributed by atoms with Crippen LogP contribution < -0.4 is 10.6 Å². The highest BCUT2D eigenvalue weighted by Crippen LogP contribution is 2.09. The molecular weight excluding hydrogens is 172 g/mol. The Labute approximate surface area is 85.7 Å². The van der Waals surface area contributed by atoms with Gasteiger partial charge in [0.05, 0.1) is 13.1 Å². The first kappa shape index (κ1) is 9.53. The highest BCUT2D eigenvalue weighted by atomic mass is 15.0. The molecule has 0 amide bonds. The Morgan fingerprint density at radius 1 is 1.50 bits per heavy atom. The summed E-state index contributed by atoms with van der Waals surface area (Å²) in [5.74, 6) is 0. The van der Waals surface area contributed by atoms with Crippen LogP contribution in [0.5, 0.6) is 0 Å². The quantitative estimate of drug-likeness (QED) is 0.737. The normalized spacial score (nSPS) is 21.1. The summed E-state index contributed by atoms with van der Waals surface area (Å²) in [6.07, 6.45) is 2.74. The number of hydrogen-bond acceptors (Lipinski definition) is 1. The molecule has 2 rings (SSSR count). The standard InChI is InChI=1S/C12H18N2/c1-10-4-2-5-11(8-10)14-9-12-6-3-7-13-12/h2,4-5,8,12-14H,3,6-7,9H2,1H3/p+1/t12-/m0/s1. The van der Waals surface area contributed by atoms with Crippen molar-refractivity contribution in [2.75, 3.05) is 18.4 Å². The van der Waals surface area contributed by atoms with Gasteiger partial charge in [0.25, 0.3) is 0 Å². The van der Waals surface area contributed by atoms with Crippen molar-refractivity contribution in [3.63, 3.8) is 0 Å². The van der Waals surface area contributed by atoms with Crippen molar-refractivity contribution in [1.29, 1.82) is 0 Å². The van der Waals surface area contributed by atoms with Crippen LogP contribution in [0.15, 0.2) is 24.3 Å². The van der Waals surface area contributed by atoms with Gasteiger partial charge in [-0.05, 0) is 24.6 Å². The van der Waals surface area contributed by atoms with Crippen LogP contribution in [0.2, 0.25) is 0 Å². The summed E-state index contributed by atoms with van der Waals surface area (Å²) in [5, 5.41) is 5.94. The van der Waals surface area contributed by atoms with Crippen molar-refractivity contribution in [2.24, 2.45) is 0 Å². The molecule has 3 N–H and O–H groups in total. The minimum atomic E-state index is 0.788. The van der Waals surface area contributed by atoms with E-state index in [2.05, 4.69) is 41.8 Å². The van der Waals surface area contributed by atoms with E-state index >= 15 is 0 Å². The molecule has 1 aliphatic rings. The molecule has 1 saturated heterocycles. The van der Waals surface area contributed by atoms with E-state index in [9.17, 15) is 0 Å². The Hall–Kier alpha value is -1.02. The molecule has 0 aliphatic carbocycles. The predicted octanol–water partition coefficient (Wildman–Crippen LogP) is 1.13. The molecule has 1 heterocycles. The van der Waals surface area contributed by atoms with Crippen molar-refractivity contribution in [2.45, 2.75) is 25.8 Å². The Morgan fingerprint density at radius 3 is 3.14 bits per heavy atom. The minimum absolute atomic E-state index is 0.788. The molecule has 0 bridgehead atoms. The zero-order valence-electron chi connectivity index (χ0n) is 8.79. The highest BCUT2D eigenvalue weighted by molar-refractivity contribution is 5.45. The lowest BCUT2D eigenvalue weighted by molar-refractivity contribution is -0.666. The second kappa shape index (κ2) is 4.47. The number of nitrogens with one attached hydrogen (secondary N) is 1. The number of quaternary nitrogens is 1.